The number of hydrazine groups is 1. The molecule has 5 nitrogen and oxygen atoms in total. The average molecular weight is 425 g/mol. The fraction of sp³-hybridized carbons (Fsp3) is 0.920. The summed E-state index contributed by atoms with van der Waals surface area (Å²) in [6.07, 6.45) is 9.34. The second kappa shape index (κ2) is 13.3. The van der Waals surface area contributed by atoms with Crippen LogP contribution in [0.4, 0.5) is 0 Å². The van der Waals surface area contributed by atoms with Crippen LogP contribution < -0.4 is 10.9 Å². The van der Waals surface area contributed by atoms with Gasteiger partial charge in [0.15, 0.2) is 0 Å². The first-order chi connectivity index (χ1) is 14.0. The van der Waals surface area contributed by atoms with Crippen LogP contribution in [0.5, 0.6) is 0 Å². The lowest BCUT2D eigenvalue weighted by Gasteiger charge is -2.31. The van der Waals surface area contributed by atoms with Gasteiger partial charge in [-0.3, -0.25) is 15.0 Å². The maximum absolute atomic E-state index is 12.9. The van der Waals surface area contributed by atoms with Gasteiger partial charge in [0.25, 0.3) is 0 Å². The van der Waals surface area contributed by atoms with Crippen LogP contribution in [0.2, 0.25) is 0 Å². The molecule has 1 aliphatic carbocycles. The molecule has 0 bridgehead atoms. The lowest BCUT2D eigenvalue weighted by molar-refractivity contribution is -0.163. The molecule has 0 aromatic carbocycles. The van der Waals surface area contributed by atoms with Crippen LogP contribution >= 0.6 is 0 Å². The van der Waals surface area contributed by atoms with E-state index in [4.69, 9.17) is 4.74 Å². The molecule has 30 heavy (non-hydrogen) atoms. The maximum atomic E-state index is 12.9. The minimum Gasteiger partial charge on any atom is -0.460 e. The largest absolute Gasteiger partial charge is 0.460 e. The van der Waals surface area contributed by atoms with Gasteiger partial charge in [0.05, 0.1) is 5.92 Å². The van der Waals surface area contributed by atoms with Gasteiger partial charge >= 0.3 is 5.97 Å². The third-order valence-corrected chi connectivity index (χ3v) is 5.84. The van der Waals surface area contributed by atoms with Gasteiger partial charge in [0.1, 0.15) is 5.60 Å². The van der Waals surface area contributed by atoms with Gasteiger partial charge in [-0.1, -0.05) is 53.4 Å². The van der Waals surface area contributed by atoms with Gasteiger partial charge in [0.2, 0.25) is 5.91 Å². The summed E-state index contributed by atoms with van der Waals surface area (Å²) < 4.78 is 5.77. The zero-order chi connectivity index (χ0) is 22.7. The Bertz CT molecular complexity index is 505. The van der Waals surface area contributed by atoms with Crippen molar-refractivity contribution < 1.29 is 14.3 Å². The highest BCUT2D eigenvalue weighted by Crippen LogP contribution is 2.35. The van der Waals surface area contributed by atoms with Crippen molar-refractivity contribution in [2.24, 2.45) is 29.6 Å². The molecule has 1 saturated carbocycles. The van der Waals surface area contributed by atoms with E-state index in [1.165, 1.54) is 19.3 Å². The van der Waals surface area contributed by atoms with Crippen LogP contribution in [-0.2, 0) is 14.3 Å². The van der Waals surface area contributed by atoms with Crippen LogP contribution in [0.15, 0.2) is 0 Å². The lowest BCUT2D eigenvalue weighted by Crippen LogP contribution is -2.43. The second-order valence-corrected chi connectivity index (χ2v) is 11.1. The van der Waals surface area contributed by atoms with Crippen molar-refractivity contribution in [3.05, 3.63) is 0 Å². The number of carbonyl (C=O) groups excluding carboxylic acids is 2. The van der Waals surface area contributed by atoms with Gasteiger partial charge in [-0.15, -0.1) is 0 Å². The number of hydrogen-bond donors (Lipinski definition) is 2. The molecule has 0 aromatic heterocycles. The number of hydrogen-bond acceptors (Lipinski definition) is 4. The second-order valence-electron chi connectivity index (χ2n) is 11.1. The van der Waals surface area contributed by atoms with Gasteiger partial charge in [-0.05, 0) is 70.6 Å². The third-order valence-electron chi connectivity index (χ3n) is 5.84. The van der Waals surface area contributed by atoms with E-state index in [1.54, 1.807) is 0 Å². The molecule has 1 rings (SSSR count). The van der Waals surface area contributed by atoms with Crippen molar-refractivity contribution in [3.63, 3.8) is 0 Å². The fourth-order valence-corrected chi connectivity index (χ4v) is 4.41. The summed E-state index contributed by atoms with van der Waals surface area (Å²) in [6.45, 7) is 15.1. The summed E-state index contributed by atoms with van der Waals surface area (Å²) >= 11 is 0. The van der Waals surface area contributed by atoms with Crippen molar-refractivity contribution in [1.82, 2.24) is 10.9 Å². The van der Waals surface area contributed by atoms with Gasteiger partial charge in [0, 0.05) is 12.5 Å². The summed E-state index contributed by atoms with van der Waals surface area (Å²) in [5.41, 5.74) is 5.50. The molecule has 1 unspecified atom stereocenters. The molecule has 0 aromatic rings. The standard InChI is InChI=1S/C25H48N2O3/c1-18(2)16-21(23(28)27-26-17-19(3)4)14-11-15-22(20-12-9-8-10-13-20)24(29)30-25(5,6)7/h18-22,26H,8-17H2,1-7H3,(H,27,28)/t21-,22?/m0/s1. The van der Waals surface area contributed by atoms with Gasteiger partial charge < -0.3 is 4.74 Å². The molecular weight excluding hydrogens is 376 g/mol. The summed E-state index contributed by atoms with van der Waals surface area (Å²) in [4.78, 5) is 25.6. The number of rotatable bonds is 12. The van der Waals surface area contributed by atoms with E-state index in [1.807, 2.05) is 20.8 Å². The zero-order valence-corrected chi connectivity index (χ0v) is 20.7. The quantitative estimate of drug-likeness (QED) is 0.314. The molecule has 0 heterocycles. The Morgan fingerprint density at radius 3 is 2.13 bits per heavy atom. The Balaban J connectivity index is 2.68. The first-order valence-electron chi connectivity index (χ1n) is 12.2. The molecule has 1 aliphatic rings. The van der Waals surface area contributed by atoms with Crippen molar-refractivity contribution in [3.8, 4) is 0 Å². The number of carbonyl (C=O) groups is 2. The van der Waals surface area contributed by atoms with E-state index in [2.05, 4.69) is 38.5 Å². The van der Waals surface area contributed by atoms with Crippen LogP contribution in [0.25, 0.3) is 0 Å². The molecule has 5 heteroatoms. The SMILES string of the molecule is CC(C)CNNC(=O)[C@@H](CCCC(C(=O)OC(C)(C)C)C1CCCCC1)CC(C)C. The van der Waals surface area contributed by atoms with Gasteiger partial charge in [-0.2, -0.15) is 0 Å². The summed E-state index contributed by atoms with van der Waals surface area (Å²) in [7, 11) is 0. The van der Waals surface area contributed by atoms with Crippen LogP contribution in [0, 0.1) is 29.6 Å². The molecular formula is C25H48N2O3. The fourth-order valence-electron chi connectivity index (χ4n) is 4.41. The summed E-state index contributed by atoms with van der Waals surface area (Å²) in [6, 6.07) is 0. The molecule has 0 spiro atoms. The number of amides is 1. The Morgan fingerprint density at radius 1 is 0.967 bits per heavy atom. The first-order valence-corrected chi connectivity index (χ1v) is 12.2. The predicted molar refractivity (Wildman–Crippen MR) is 124 cm³/mol. The topological polar surface area (TPSA) is 67.4 Å². The highest BCUT2D eigenvalue weighted by molar-refractivity contribution is 5.78. The Morgan fingerprint density at radius 2 is 1.60 bits per heavy atom. The third kappa shape index (κ3) is 11.3. The smallest absolute Gasteiger partial charge is 0.309 e. The van der Waals surface area contributed by atoms with E-state index in [-0.39, 0.29) is 23.7 Å². The number of ether oxygens (including phenoxy) is 1. The maximum Gasteiger partial charge on any atom is 0.309 e. The molecule has 0 saturated heterocycles. The Hall–Kier alpha value is -1.10. The van der Waals surface area contributed by atoms with Crippen molar-refractivity contribution in [2.45, 2.75) is 112 Å². The molecule has 2 atom stereocenters. The monoisotopic (exact) mass is 424 g/mol. The lowest BCUT2D eigenvalue weighted by atomic mass is 9.77. The summed E-state index contributed by atoms with van der Waals surface area (Å²) in [5.74, 6) is 1.36. The molecule has 1 amide bonds. The van der Waals surface area contributed by atoms with E-state index in [9.17, 15) is 9.59 Å². The molecule has 0 radical (unpaired) electrons. The van der Waals surface area contributed by atoms with Crippen molar-refractivity contribution in [1.29, 1.82) is 0 Å². The van der Waals surface area contributed by atoms with E-state index in [0.717, 1.165) is 45.1 Å². The van der Waals surface area contributed by atoms with Crippen LogP contribution in [0.1, 0.15) is 106 Å². The average Bonchev–Trinajstić information content (AvgIpc) is 2.62. The molecule has 176 valence electrons. The normalized spacial score (nSPS) is 17.8. The van der Waals surface area contributed by atoms with E-state index >= 15 is 0 Å². The van der Waals surface area contributed by atoms with E-state index in [0.29, 0.717) is 17.8 Å². The number of nitrogens with one attached hydrogen (secondary N) is 2. The minimum absolute atomic E-state index is 0.0182. The van der Waals surface area contributed by atoms with E-state index < -0.39 is 5.60 Å². The highest BCUT2D eigenvalue weighted by atomic mass is 16.6. The zero-order valence-electron chi connectivity index (χ0n) is 20.7. The molecule has 2 N–H and O–H groups in total. The Kier molecular flexibility index (Phi) is 12.0. The molecule has 0 aliphatic heterocycles. The summed E-state index contributed by atoms with van der Waals surface area (Å²) in [5, 5.41) is 0. The minimum atomic E-state index is -0.452. The molecule has 1 fully saturated rings. The highest BCUT2D eigenvalue weighted by Gasteiger charge is 2.33. The van der Waals surface area contributed by atoms with Gasteiger partial charge in [-0.25, -0.2) is 5.43 Å². The Labute approximate surface area is 185 Å². The van der Waals surface area contributed by atoms with Crippen LogP contribution in [0.3, 0.4) is 0 Å². The van der Waals surface area contributed by atoms with Crippen LogP contribution in [-0.4, -0.2) is 24.0 Å². The predicted octanol–water partition coefficient (Wildman–Crippen LogP) is 5.63. The number of esters is 1. The first kappa shape index (κ1) is 26.9. The van der Waals surface area contributed by atoms with Crippen molar-refractivity contribution >= 4 is 11.9 Å². The van der Waals surface area contributed by atoms with Crippen molar-refractivity contribution in [2.75, 3.05) is 6.54 Å².